The molecule has 0 spiro atoms. The topological polar surface area (TPSA) is 124 Å². The largest absolute Gasteiger partial charge is 0.432 e. The van der Waals surface area contributed by atoms with Crippen LogP contribution in [0.5, 0.6) is 0 Å². The van der Waals surface area contributed by atoms with Crippen LogP contribution in [0.3, 0.4) is 0 Å². The zero-order valence-corrected chi connectivity index (χ0v) is 19.2. The molecular formula is C19H33N2O6S2-. The van der Waals surface area contributed by atoms with Crippen LogP contribution in [-0.4, -0.2) is 39.7 Å². The molecule has 0 heterocycles. The van der Waals surface area contributed by atoms with Gasteiger partial charge in [-0.25, -0.2) is 16.8 Å². The van der Waals surface area contributed by atoms with Gasteiger partial charge in [0.15, 0.2) is 0 Å². The number of anilines is 1. The van der Waals surface area contributed by atoms with E-state index in [-0.39, 0.29) is 10.6 Å². The molecule has 0 saturated carbocycles. The Morgan fingerprint density at radius 2 is 1.55 bits per heavy atom. The number of aliphatic hydroxyl groups excluding tert-OH is 1. The van der Waals surface area contributed by atoms with Gasteiger partial charge in [0.05, 0.1) is 15.6 Å². The number of rotatable bonds is 13. The zero-order chi connectivity index (χ0) is 22.1. The van der Waals surface area contributed by atoms with E-state index < -0.39 is 32.1 Å². The van der Waals surface area contributed by atoms with Crippen LogP contribution < -0.4 is 5.32 Å². The van der Waals surface area contributed by atoms with Gasteiger partial charge in [-0.15, -0.1) is 0 Å². The summed E-state index contributed by atoms with van der Waals surface area (Å²) in [5, 5.41) is 12.5. The Morgan fingerprint density at radius 3 is 2.10 bits per heavy atom. The Kier molecular flexibility index (Phi) is 10.0. The van der Waals surface area contributed by atoms with Crippen LogP contribution in [0, 0.1) is 0 Å². The Hall–Kier alpha value is -1.20. The fourth-order valence-electron chi connectivity index (χ4n) is 2.52. The standard InChI is InChI=1S/C19H33N2O6S2/c1-5-6-7-8-9-10-15-28(23,24)21-29(25,26)17-13-11-16(12-14-17)20-18(22)27-19(2,3)4/h11-14,18,20,22H,5-10,15H2,1-4H3/q-1. The van der Waals surface area contributed by atoms with Gasteiger partial charge in [-0.3, -0.25) is 0 Å². The smallest absolute Gasteiger partial charge is 0.235 e. The molecule has 1 aromatic rings. The second-order valence-electron chi connectivity index (χ2n) is 7.85. The highest BCUT2D eigenvalue weighted by Crippen LogP contribution is 2.24. The Balaban J connectivity index is 2.63. The molecule has 168 valence electrons. The molecule has 1 rings (SSSR count). The van der Waals surface area contributed by atoms with Crippen molar-refractivity contribution in [3.63, 3.8) is 0 Å². The van der Waals surface area contributed by atoms with E-state index in [1.807, 2.05) is 0 Å². The van der Waals surface area contributed by atoms with E-state index in [1.54, 1.807) is 20.8 Å². The van der Waals surface area contributed by atoms with Crippen LogP contribution in [0.25, 0.3) is 4.13 Å². The van der Waals surface area contributed by atoms with Gasteiger partial charge in [0, 0.05) is 16.3 Å². The Morgan fingerprint density at radius 1 is 1.00 bits per heavy atom. The van der Waals surface area contributed by atoms with Crippen LogP contribution in [0.2, 0.25) is 0 Å². The number of unbranched alkanes of at least 4 members (excludes halogenated alkanes) is 5. The highest BCUT2D eigenvalue weighted by atomic mass is 32.3. The van der Waals surface area contributed by atoms with Crippen LogP contribution >= 0.6 is 0 Å². The number of nitrogens with one attached hydrogen (secondary N) is 1. The molecule has 2 N–H and O–H groups in total. The molecule has 1 aromatic carbocycles. The molecule has 0 saturated heterocycles. The molecule has 1 unspecified atom stereocenters. The molecular weight excluding hydrogens is 416 g/mol. The van der Waals surface area contributed by atoms with E-state index in [4.69, 9.17) is 4.74 Å². The molecule has 0 aliphatic heterocycles. The number of sulfonamides is 2. The Labute approximate surface area is 175 Å². The molecule has 29 heavy (non-hydrogen) atoms. The van der Waals surface area contributed by atoms with E-state index in [0.717, 1.165) is 32.1 Å². The van der Waals surface area contributed by atoms with E-state index in [0.29, 0.717) is 12.1 Å². The molecule has 10 heteroatoms. The lowest BCUT2D eigenvalue weighted by atomic mass is 10.1. The fourth-order valence-corrected chi connectivity index (χ4v) is 5.41. The van der Waals surface area contributed by atoms with Crippen LogP contribution in [-0.2, 0) is 24.8 Å². The van der Waals surface area contributed by atoms with Gasteiger partial charge in [-0.2, -0.15) is 0 Å². The number of aliphatic hydroxyl groups is 1. The summed E-state index contributed by atoms with van der Waals surface area (Å²) >= 11 is 0. The summed E-state index contributed by atoms with van der Waals surface area (Å²) in [5.74, 6) is -0.283. The summed E-state index contributed by atoms with van der Waals surface area (Å²) in [6.07, 6.45) is 4.02. The first-order valence-electron chi connectivity index (χ1n) is 9.79. The number of hydrogen-bond acceptors (Lipinski definition) is 7. The van der Waals surface area contributed by atoms with Crippen molar-refractivity contribution < 1.29 is 26.7 Å². The molecule has 0 aliphatic rings. The molecule has 0 amide bonds. The van der Waals surface area contributed by atoms with Crippen molar-refractivity contribution in [1.29, 1.82) is 0 Å². The summed E-state index contributed by atoms with van der Waals surface area (Å²) in [7, 11) is -8.40. The summed E-state index contributed by atoms with van der Waals surface area (Å²) < 4.78 is 57.1. The highest BCUT2D eigenvalue weighted by Gasteiger charge is 2.17. The Bertz CT molecular complexity index is 815. The number of ether oxygens (including phenoxy) is 1. The second kappa shape index (κ2) is 11.3. The van der Waals surface area contributed by atoms with Gasteiger partial charge < -0.3 is 19.3 Å². The fraction of sp³-hybridized carbons (Fsp3) is 0.684. The lowest BCUT2D eigenvalue weighted by Crippen LogP contribution is -2.32. The SMILES string of the molecule is CCCCCCCCS(=O)(=O)[N-]S(=O)(=O)c1ccc(NC(O)OC(C)(C)C)cc1. The van der Waals surface area contributed by atoms with Crippen LogP contribution in [0.15, 0.2) is 29.2 Å². The molecule has 0 aliphatic carbocycles. The minimum Gasteiger partial charge on any atom is -0.432 e. The molecule has 0 fully saturated rings. The number of nitrogens with zero attached hydrogens (tertiary/aromatic N) is 1. The maximum Gasteiger partial charge on any atom is 0.235 e. The quantitative estimate of drug-likeness (QED) is 0.345. The minimum absolute atomic E-state index is 0.235. The van der Waals surface area contributed by atoms with Crippen molar-refractivity contribution in [1.82, 2.24) is 0 Å². The number of benzene rings is 1. The average molecular weight is 450 g/mol. The van der Waals surface area contributed by atoms with Gasteiger partial charge in [0.2, 0.25) is 6.41 Å². The average Bonchev–Trinajstić information content (AvgIpc) is 2.55. The molecule has 0 bridgehead atoms. The summed E-state index contributed by atoms with van der Waals surface area (Å²) in [5.41, 5.74) is -0.158. The maximum absolute atomic E-state index is 12.3. The third-order valence-corrected chi connectivity index (χ3v) is 7.24. The lowest BCUT2D eigenvalue weighted by molar-refractivity contribution is -0.148. The summed E-state index contributed by atoms with van der Waals surface area (Å²) in [6.45, 7) is 7.43. The van der Waals surface area contributed by atoms with Crippen molar-refractivity contribution in [2.24, 2.45) is 0 Å². The summed E-state index contributed by atoms with van der Waals surface area (Å²) in [4.78, 5) is -0.235. The van der Waals surface area contributed by atoms with Gasteiger partial charge in [0.25, 0.3) is 0 Å². The molecule has 8 nitrogen and oxygen atoms in total. The number of hydrogen-bond donors (Lipinski definition) is 2. The first-order valence-corrected chi connectivity index (χ1v) is 12.8. The van der Waals surface area contributed by atoms with Crippen LogP contribution in [0.1, 0.15) is 66.2 Å². The predicted molar refractivity (Wildman–Crippen MR) is 115 cm³/mol. The molecule has 1 atom stereocenters. The highest BCUT2D eigenvalue weighted by molar-refractivity contribution is 8.12. The van der Waals surface area contributed by atoms with E-state index in [2.05, 4.69) is 16.4 Å². The first kappa shape index (κ1) is 25.8. The van der Waals surface area contributed by atoms with Crippen molar-refractivity contribution >= 4 is 25.7 Å². The monoisotopic (exact) mass is 449 g/mol. The minimum atomic E-state index is -4.33. The van der Waals surface area contributed by atoms with Gasteiger partial charge in [0.1, 0.15) is 10.0 Å². The predicted octanol–water partition coefficient (Wildman–Crippen LogP) is 3.94. The van der Waals surface area contributed by atoms with E-state index >= 15 is 0 Å². The lowest BCUT2D eigenvalue weighted by Gasteiger charge is -2.25. The normalized spacial score (nSPS) is 14.0. The summed E-state index contributed by atoms with van der Waals surface area (Å²) in [6, 6.07) is 5.26. The van der Waals surface area contributed by atoms with E-state index in [9.17, 15) is 21.9 Å². The van der Waals surface area contributed by atoms with Crippen molar-refractivity contribution in [2.75, 3.05) is 11.1 Å². The zero-order valence-electron chi connectivity index (χ0n) is 17.6. The van der Waals surface area contributed by atoms with Gasteiger partial charge in [-0.05, 0) is 51.5 Å². The maximum atomic E-state index is 12.3. The second-order valence-corrected chi connectivity index (χ2v) is 11.4. The van der Waals surface area contributed by atoms with Crippen molar-refractivity contribution in [2.45, 2.75) is 83.1 Å². The third kappa shape index (κ3) is 10.9. The van der Waals surface area contributed by atoms with Gasteiger partial charge >= 0.3 is 0 Å². The van der Waals surface area contributed by atoms with Crippen LogP contribution in [0.4, 0.5) is 5.69 Å². The molecule has 0 radical (unpaired) electrons. The third-order valence-electron chi connectivity index (χ3n) is 3.88. The molecule has 0 aromatic heterocycles. The van der Waals surface area contributed by atoms with Crippen molar-refractivity contribution in [3.8, 4) is 0 Å². The van der Waals surface area contributed by atoms with E-state index in [1.165, 1.54) is 24.3 Å². The van der Waals surface area contributed by atoms with Crippen molar-refractivity contribution in [3.05, 3.63) is 28.4 Å². The van der Waals surface area contributed by atoms with Gasteiger partial charge in [-0.1, -0.05) is 39.0 Å². The first-order chi connectivity index (χ1) is 13.3.